The van der Waals surface area contributed by atoms with Crippen LogP contribution in [0.25, 0.3) is 11.0 Å². The number of nitrogens with zero attached hydrogens (tertiary/aromatic N) is 1. The third kappa shape index (κ3) is 3.07. The van der Waals surface area contributed by atoms with Gasteiger partial charge in [0.05, 0.1) is 0 Å². The van der Waals surface area contributed by atoms with Gasteiger partial charge in [-0.15, -0.1) is 0 Å². The molecule has 0 aliphatic heterocycles. The van der Waals surface area contributed by atoms with Crippen molar-refractivity contribution in [3.63, 3.8) is 0 Å². The van der Waals surface area contributed by atoms with Crippen molar-refractivity contribution in [3.8, 4) is 0 Å². The van der Waals surface area contributed by atoms with Crippen LogP contribution >= 0.6 is 0 Å². The fourth-order valence-corrected chi connectivity index (χ4v) is 4.60. The Morgan fingerprint density at radius 1 is 1.00 bits per heavy atom. The molecular formula is C15H23NOSe. The summed E-state index contributed by atoms with van der Waals surface area (Å²) in [6, 6.07) is 0. The molecule has 3 heteroatoms. The van der Waals surface area contributed by atoms with Gasteiger partial charge < -0.3 is 0 Å². The molecule has 0 atom stereocenters. The first-order chi connectivity index (χ1) is 8.74. The van der Waals surface area contributed by atoms with Gasteiger partial charge in [0.15, 0.2) is 0 Å². The van der Waals surface area contributed by atoms with Crippen LogP contribution in [-0.4, -0.2) is 19.7 Å². The minimum atomic E-state index is 0.507. The molecule has 0 spiro atoms. The molecule has 0 amide bonds. The van der Waals surface area contributed by atoms with Crippen LogP contribution in [0.2, 0.25) is 0 Å². The van der Waals surface area contributed by atoms with E-state index in [0.29, 0.717) is 14.5 Å². The molecule has 2 aromatic heterocycles. The zero-order valence-corrected chi connectivity index (χ0v) is 13.4. The summed E-state index contributed by atoms with van der Waals surface area (Å²) in [6.45, 7) is 6.67. The third-order valence-corrected chi connectivity index (χ3v) is 5.61. The Hall–Kier alpha value is -0.531. The van der Waals surface area contributed by atoms with Crippen molar-refractivity contribution >= 4 is 25.5 Å². The normalized spacial score (nSPS) is 11.5. The number of aryl methyl sites for hydroxylation is 3. The van der Waals surface area contributed by atoms with Crippen molar-refractivity contribution in [2.24, 2.45) is 0 Å². The Morgan fingerprint density at radius 3 is 2.50 bits per heavy atom. The minimum absolute atomic E-state index is 0.507. The molecule has 0 aliphatic rings. The van der Waals surface area contributed by atoms with E-state index in [1.165, 1.54) is 58.5 Å². The Balaban J connectivity index is 1.88. The Morgan fingerprint density at radius 2 is 1.72 bits per heavy atom. The van der Waals surface area contributed by atoms with Crippen LogP contribution in [0.1, 0.15) is 60.0 Å². The van der Waals surface area contributed by atoms with Crippen molar-refractivity contribution in [2.45, 2.75) is 65.7 Å². The van der Waals surface area contributed by atoms with Gasteiger partial charge in [0, 0.05) is 0 Å². The van der Waals surface area contributed by atoms with E-state index in [4.69, 9.17) is 4.52 Å². The van der Waals surface area contributed by atoms with Gasteiger partial charge in [-0.25, -0.2) is 0 Å². The maximum absolute atomic E-state index is 5.49. The van der Waals surface area contributed by atoms with Gasteiger partial charge in [0.25, 0.3) is 0 Å². The molecule has 0 bridgehead atoms. The Labute approximate surface area is 115 Å². The van der Waals surface area contributed by atoms with E-state index in [1.54, 1.807) is 0 Å². The van der Waals surface area contributed by atoms with Gasteiger partial charge >= 0.3 is 115 Å². The second-order valence-electron chi connectivity index (χ2n) is 5.07. The van der Waals surface area contributed by atoms with Gasteiger partial charge in [-0.2, -0.15) is 0 Å². The third-order valence-electron chi connectivity index (χ3n) is 3.51. The fourth-order valence-electron chi connectivity index (χ4n) is 2.50. The molecule has 2 aromatic rings. The first-order valence-corrected chi connectivity index (χ1v) is 8.79. The molecule has 2 rings (SSSR count). The Kier molecular flexibility index (Phi) is 5.08. The summed E-state index contributed by atoms with van der Waals surface area (Å²) < 4.78 is 8.39. The molecule has 0 aliphatic carbocycles. The number of aromatic nitrogens is 1. The summed E-state index contributed by atoms with van der Waals surface area (Å²) in [5.41, 5.74) is 2.28. The molecular weight excluding hydrogens is 289 g/mol. The summed E-state index contributed by atoms with van der Waals surface area (Å²) in [4.78, 5) is 0. The van der Waals surface area contributed by atoms with E-state index >= 15 is 0 Å². The molecule has 100 valence electrons. The quantitative estimate of drug-likeness (QED) is 0.559. The average molecular weight is 312 g/mol. The molecule has 0 saturated carbocycles. The van der Waals surface area contributed by atoms with Crippen LogP contribution in [0.5, 0.6) is 0 Å². The van der Waals surface area contributed by atoms with Crippen molar-refractivity contribution in [1.82, 2.24) is 5.16 Å². The van der Waals surface area contributed by atoms with Crippen molar-refractivity contribution < 1.29 is 4.52 Å². The van der Waals surface area contributed by atoms with E-state index < -0.39 is 0 Å². The van der Waals surface area contributed by atoms with Gasteiger partial charge in [-0.1, -0.05) is 0 Å². The zero-order valence-electron chi connectivity index (χ0n) is 11.7. The van der Waals surface area contributed by atoms with Crippen molar-refractivity contribution in [1.29, 1.82) is 0 Å². The summed E-state index contributed by atoms with van der Waals surface area (Å²) in [7, 11) is 0. The summed E-state index contributed by atoms with van der Waals surface area (Å²) >= 11 is 0.507. The summed E-state index contributed by atoms with van der Waals surface area (Å²) in [5, 5.41) is 5.61. The van der Waals surface area contributed by atoms with Crippen LogP contribution in [0.4, 0.5) is 0 Å². The number of hydrogen-bond acceptors (Lipinski definition) is 2. The van der Waals surface area contributed by atoms with Gasteiger partial charge in [0.2, 0.25) is 0 Å². The molecule has 0 saturated heterocycles. The number of fused-ring (bicyclic) bond motifs is 1. The maximum atomic E-state index is 5.49. The second kappa shape index (κ2) is 6.58. The number of rotatable bonds is 7. The van der Waals surface area contributed by atoms with E-state index in [0.717, 1.165) is 12.0 Å². The van der Waals surface area contributed by atoms with Crippen LogP contribution < -0.4 is 0 Å². The molecule has 0 N–H and O–H groups in total. The molecule has 2 nitrogen and oxygen atoms in total. The fraction of sp³-hybridized carbons (Fsp3) is 0.667. The van der Waals surface area contributed by atoms with E-state index in [-0.39, 0.29) is 0 Å². The topological polar surface area (TPSA) is 26.0 Å². The second-order valence-corrected chi connectivity index (χ2v) is 8.06. The van der Waals surface area contributed by atoms with E-state index in [1.807, 2.05) is 0 Å². The first kappa shape index (κ1) is 13.9. The summed E-state index contributed by atoms with van der Waals surface area (Å²) in [6.07, 6.45) is 9.12. The predicted octanol–water partition coefficient (Wildman–Crippen LogP) is 4.40. The molecule has 0 unspecified atom stereocenters. The van der Waals surface area contributed by atoms with E-state index in [9.17, 15) is 0 Å². The number of hydrogen-bond donors (Lipinski definition) is 0. The SMILES string of the molecule is CCCCCCCCc1noc2c(C)[se]c(C)c12. The molecule has 18 heavy (non-hydrogen) atoms. The van der Waals surface area contributed by atoms with Crippen LogP contribution in [0.3, 0.4) is 0 Å². The van der Waals surface area contributed by atoms with Crippen molar-refractivity contribution in [3.05, 3.63) is 14.6 Å². The van der Waals surface area contributed by atoms with E-state index in [2.05, 4.69) is 25.9 Å². The first-order valence-electron chi connectivity index (χ1n) is 7.08. The zero-order chi connectivity index (χ0) is 13.0. The van der Waals surface area contributed by atoms with Crippen LogP contribution in [0, 0.1) is 13.8 Å². The van der Waals surface area contributed by atoms with Gasteiger partial charge in [0.1, 0.15) is 0 Å². The number of unbranched alkanes of at least 4 members (excludes halogenated alkanes) is 5. The molecule has 0 aromatic carbocycles. The van der Waals surface area contributed by atoms with Gasteiger partial charge in [-0.05, 0) is 0 Å². The predicted molar refractivity (Wildman–Crippen MR) is 77.5 cm³/mol. The molecule has 2 heterocycles. The van der Waals surface area contributed by atoms with Gasteiger partial charge in [-0.3, -0.25) is 0 Å². The monoisotopic (exact) mass is 313 g/mol. The Bertz CT molecular complexity index is 498. The summed E-state index contributed by atoms with van der Waals surface area (Å²) in [5.74, 6) is 0. The standard InChI is InChI=1S/C15H23NOSe/c1-4-5-6-7-8-9-10-13-14-11(2)18-12(3)15(14)17-16-13/h4-10H2,1-3H3. The van der Waals surface area contributed by atoms with Crippen LogP contribution in [0.15, 0.2) is 4.52 Å². The average Bonchev–Trinajstić information content (AvgIpc) is 2.88. The van der Waals surface area contributed by atoms with Crippen molar-refractivity contribution in [2.75, 3.05) is 0 Å². The molecule has 0 fully saturated rings. The molecule has 0 radical (unpaired) electrons. The van der Waals surface area contributed by atoms with Crippen LogP contribution in [-0.2, 0) is 6.42 Å².